The first-order valence-corrected chi connectivity index (χ1v) is 9.25. The van der Waals surface area contributed by atoms with E-state index in [0.717, 1.165) is 16.3 Å². The van der Waals surface area contributed by atoms with Gasteiger partial charge in [0.1, 0.15) is 5.75 Å². The number of carbonyl (C=O) groups is 1. The minimum Gasteiger partial charge on any atom is -0.494 e. The van der Waals surface area contributed by atoms with Crippen molar-refractivity contribution in [2.45, 2.75) is 13.8 Å². The summed E-state index contributed by atoms with van der Waals surface area (Å²) in [6, 6.07) is 9.46. The maximum absolute atomic E-state index is 12.7. The van der Waals surface area contributed by atoms with Crippen LogP contribution in [0.3, 0.4) is 0 Å². The number of benzene rings is 1. The molecule has 0 unspecified atom stereocenters. The normalized spacial score (nSPS) is 16.4. The molecule has 1 aliphatic heterocycles. The highest BCUT2D eigenvalue weighted by atomic mass is 32.2. The number of thioether (sulfide) groups is 1. The molecule has 1 aliphatic rings. The van der Waals surface area contributed by atoms with Gasteiger partial charge >= 0.3 is 0 Å². The van der Waals surface area contributed by atoms with E-state index in [9.17, 15) is 4.79 Å². The van der Waals surface area contributed by atoms with E-state index in [1.54, 1.807) is 16.2 Å². The van der Waals surface area contributed by atoms with E-state index < -0.39 is 0 Å². The molecule has 1 amide bonds. The summed E-state index contributed by atoms with van der Waals surface area (Å²) in [6.07, 6.45) is 1.92. The van der Waals surface area contributed by atoms with Crippen LogP contribution in [-0.4, -0.2) is 16.8 Å². The Bertz CT molecular complexity index is 777. The Morgan fingerprint density at radius 3 is 2.61 bits per heavy atom. The molecule has 0 N–H and O–H groups in total. The van der Waals surface area contributed by atoms with E-state index in [1.165, 1.54) is 17.3 Å². The molecule has 6 heteroatoms. The second-order valence-electron chi connectivity index (χ2n) is 4.91. The predicted molar refractivity (Wildman–Crippen MR) is 102 cm³/mol. The Morgan fingerprint density at radius 2 is 2.00 bits per heavy atom. The standard InChI is InChI=1S/C17H15NO2S3/c1-3-20-13-6-4-12(5-7-13)18-16(19)15(23-17(18)21)10-14-11(2)8-9-22-14/h4-10H,3H2,1-2H3. The fourth-order valence-corrected chi connectivity index (χ4v) is 4.41. The summed E-state index contributed by atoms with van der Waals surface area (Å²) in [5.41, 5.74) is 1.93. The van der Waals surface area contributed by atoms with E-state index in [4.69, 9.17) is 17.0 Å². The average Bonchev–Trinajstić information content (AvgIpc) is 3.05. The molecular formula is C17H15NO2S3. The van der Waals surface area contributed by atoms with Crippen molar-refractivity contribution < 1.29 is 9.53 Å². The lowest BCUT2D eigenvalue weighted by atomic mass is 10.2. The molecule has 3 rings (SSSR count). The third-order valence-electron chi connectivity index (χ3n) is 3.36. The highest BCUT2D eigenvalue weighted by Gasteiger charge is 2.33. The highest BCUT2D eigenvalue weighted by Crippen LogP contribution is 2.37. The van der Waals surface area contributed by atoms with Crippen molar-refractivity contribution in [2.24, 2.45) is 0 Å². The zero-order valence-corrected chi connectivity index (χ0v) is 15.2. The fourth-order valence-electron chi connectivity index (χ4n) is 2.20. The van der Waals surface area contributed by atoms with Gasteiger partial charge in [-0.2, -0.15) is 0 Å². The minimum atomic E-state index is -0.0723. The molecular weight excluding hydrogens is 346 g/mol. The van der Waals surface area contributed by atoms with Crippen LogP contribution in [0, 0.1) is 6.92 Å². The van der Waals surface area contributed by atoms with Crippen LogP contribution in [0.1, 0.15) is 17.4 Å². The van der Waals surface area contributed by atoms with Gasteiger partial charge in [0.25, 0.3) is 5.91 Å². The molecule has 0 atom stereocenters. The molecule has 118 valence electrons. The molecule has 3 nitrogen and oxygen atoms in total. The molecule has 0 spiro atoms. The fraction of sp³-hybridized carbons (Fsp3) is 0.176. The SMILES string of the molecule is CCOc1ccc(N2C(=O)C(=Cc3sccc3C)SC2=S)cc1. The Morgan fingerprint density at radius 1 is 1.26 bits per heavy atom. The monoisotopic (exact) mass is 361 g/mol. The number of aryl methyl sites for hydroxylation is 1. The number of thiocarbonyl (C=S) groups is 1. The van der Waals surface area contributed by atoms with Crippen molar-refractivity contribution >= 4 is 57.3 Å². The van der Waals surface area contributed by atoms with Gasteiger partial charge in [-0.25, -0.2) is 0 Å². The summed E-state index contributed by atoms with van der Waals surface area (Å²) in [6.45, 7) is 4.59. The molecule has 2 heterocycles. The van der Waals surface area contributed by atoms with Crippen LogP contribution in [0.15, 0.2) is 40.6 Å². The van der Waals surface area contributed by atoms with Crippen molar-refractivity contribution in [1.82, 2.24) is 0 Å². The molecule has 0 saturated carbocycles. The first-order chi connectivity index (χ1) is 11.1. The summed E-state index contributed by atoms with van der Waals surface area (Å²) < 4.78 is 5.99. The molecule has 1 aromatic heterocycles. The van der Waals surface area contributed by atoms with Gasteiger partial charge in [0.05, 0.1) is 17.2 Å². The third-order valence-corrected chi connectivity index (χ3v) is 5.63. The number of thiophene rings is 1. The molecule has 0 bridgehead atoms. The van der Waals surface area contributed by atoms with Crippen molar-refractivity contribution in [3.05, 3.63) is 51.1 Å². The second-order valence-corrected chi connectivity index (χ2v) is 7.54. The van der Waals surface area contributed by atoms with Crippen LogP contribution in [0.5, 0.6) is 5.75 Å². The average molecular weight is 362 g/mol. The summed E-state index contributed by atoms with van der Waals surface area (Å²) >= 11 is 8.35. The first kappa shape index (κ1) is 16.2. The highest BCUT2D eigenvalue weighted by molar-refractivity contribution is 8.27. The van der Waals surface area contributed by atoms with Gasteiger partial charge in [-0.3, -0.25) is 9.69 Å². The number of amides is 1. The van der Waals surface area contributed by atoms with Crippen molar-refractivity contribution in [3.63, 3.8) is 0 Å². The number of hydrogen-bond donors (Lipinski definition) is 0. The van der Waals surface area contributed by atoms with Gasteiger partial charge in [0, 0.05) is 4.88 Å². The molecule has 2 aromatic rings. The van der Waals surface area contributed by atoms with Gasteiger partial charge in [0.2, 0.25) is 0 Å². The third kappa shape index (κ3) is 3.34. The largest absolute Gasteiger partial charge is 0.494 e. The summed E-state index contributed by atoms with van der Waals surface area (Å²) in [7, 11) is 0. The number of rotatable bonds is 4. The van der Waals surface area contributed by atoms with Gasteiger partial charge in [-0.05, 0) is 61.2 Å². The van der Waals surface area contributed by atoms with Gasteiger partial charge < -0.3 is 4.74 Å². The number of carbonyl (C=O) groups excluding carboxylic acids is 1. The van der Waals surface area contributed by atoms with Crippen LogP contribution >= 0.6 is 35.3 Å². The molecule has 0 aliphatic carbocycles. The first-order valence-electron chi connectivity index (χ1n) is 7.15. The van der Waals surface area contributed by atoms with Crippen LogP contribution < -0.4 is 9.64 Å². The summed E-state index contributed by atoms with van der Waals surface area (Å²) in [4.78, 5) is 16.0. The Hall–Kier alpha value is -1.63. The Balaban J connectivity index is 1.87. The minimum absolute atomic E-state index is 0.0723. The van der Waals surface area contributed by atoms with Gasteiger partial charge in [-0.15, -0.1) is 11.3 Å². The maximum Gasteiger partial charge on any atom is 0.270 e. The zero-order chi connectivity index (χ0) is 16.4. The van der Waals surface area contributed by atoms with Crippen LogP contribution in [-0.2, 0) is 4.79 Å². The summed E-state index contributed by atoms with van der Waals surface area (Å²) in [5.74, 6) is 0.711. The number of anilines is 1. The zero-order valence-electron chi connectivity index (χ0n) is 12.7. The van der Waals surface area contributed by atoms with E-state index >= 15 is 0 Å². The number of nitrogens with zero attached hydrogens (tertiary/aromatic N) is 1. The molecule has 0 radical (unpaired) electrons. The summed E-state index contributed by atoms with van der Waals surface area (Å²) in [5, 5.41) is 2.02. The lowest BCUT2D eigenvalue weighted by Crippen LogP contribution is -2.27. The van der Waals surface area contributed by atoms with E-state index in [2.05, 4.69) is 0 Å². The molecule has 1 fully saturated rings. The second kappa shape index (κ2) is 6.86. The number of hydrogen-bond acceptors (Lipinski definition) is 5. The topological polar surface area (TPSA) is 29.5 Å². The van der Waals surface area contributed by atoms with E-state index in [0.29, 0.717) is 15.8 Å². The van der Waals surface area contributed by atoms with Gasteiger partial charge in [-0.1, -0.05) is 24.0 Å². The Labute approximate surface area is 149 Å². The lowest BCUT2D eigenvalue weighted by Gasteiger charge is -2.15. The van der Waals surface area contributed by atoms with Crippen molar-refractivity contribution in [1.29, 1.82) is 0 Å². The molecule has 1 aromatic carbocycles. The van der Waals surface area contributed by atoms with Crippen LogP contribution in [0.4, 0.5) is 5.69 Å². The molecule has 23 heavy (non-hydrogen) atoms. The Kier molecular flexibility index (Phi) is 4.84. The van der Waals surface area contributed by atoms with Crippen LogP contribution in [0.25, 0.3) is 6.08 Å². The molecule has 1 saturated heterocycles. The van der Waals surface area contributed by atoms with Crippen molar-refractivity contribution in [2.75, 3.05) is 11.5 Å². The smallest absolute Gasteiger partial charge is 0.270 e. The number of ether oxygens (including phenoxy) is 1. The predicted octanol–water partition coefficient (Wildman–Crippen LogP) is 4.86. The van der Waals surface area contributed by atoms with Crippen LogP contribution in [0.2, 0.25) is 0 Å². The van der Waals surface area contributed by atoms with E-state index in [1.807, 2.05) is 55.6 Å². The van der Waals surface area contributed by atoms with Gasteiger partial charge in [0.15, 0.2) is 4.32 Å². The lowest BCUT2D eigenvalue weighted by molar-refractivity contribution is -0.113. The van der Waals surface area contributed by atoms with Crippen molar-refractivity contribution in [3.8, 4) is 5.75 Å². The quantitative estimate of drug-likeness (QED) is 0.574. The van der Waals surface area contributed by atoms with E-state index in [-0.39, 0.29) is 5.91 Å². The maximum atomic E-state index is 12.7.